The van der Waals surface area contributed by atoms with Crippen LogP contribution in [0.1, 0.15) is 29.9 Å². The number of thiazole rings is 1. The maximum atomic E-state index is 12.5. The molecular formula is C21H20N4O2S. The lowest BCUT2D eigenvalue weighted by molar-refractivity contribution is 0.102. The van der Waals surface area contributed by atoms with Crippen LogP contribution in [0.2, 0.25) is 0 Å². The van der Waals surface area contributed by atoms with E-state index in [2.05, 4.69) is 21.9 Å². The number of carbonyl (C=O) groups is 1. The zero-order valence-electron chi connectivity index (χ0n) is 15.6. The molecule has 0 unspecified atom stereocenters. The van der Waals surface area contributed by atoms with E-state index in [-0.39, 0.29) is 12.0 Å². The quantitative estimate of drug-likeness (QED) is 0.627. The minimum absolute atomic E-state index is 0.118. The molecule has 0 saturated carbocycles. The Morgan fingerprint density at radius 1 is 1.29 bits per heavy atom. The number of hydrogen-bond acceptors (Lipinski definition) is 5. The Morgan fingerprint density at radius 3 is 2.75 bits per heavy atom. The number of ether oxygens (including phenoxy) is 1. The van der Waals surface area contributed by atoms with Gasteiger partial charge in [-0.05, 0) is 56.3 Å². The van der Waals surface area contributed by atoms with Crippen LogP contribution in [0, 0.1) is 0 Å². The Balaban J connectivity index is 1.62. The number of aromatic nitrogens is 2. The number of benzene rings is 1. The standard InChI is InChI=1S/C21H20N4O2S/c1-13(2)27-17-8-6-16(7-9-17)25-14(3)4-5-15-12-18(23-19(15)25)20(26)24-21-22-10-11-28-21/h4-13,23H,3H2,1-2H3,(H,22,24,26). The molecule has 1 aliphatic rings. The van der Waals surface area contributed by atoms with Gasteiger partial charge in [0.15, 0.2) is 5.13 Å². The molecular weight excluding hydrogens is 372 g/mol. The monoisotopic (exact) mass is 392 g/mol. The Labute approximate surface area is 167 Å². The largest absolute Gasteiger partial charge is 0.491 e. The molecule has 28 heavy (non-hydrogen) atoms. The first-order chi connectivity index (χ1) is 13.5. The molecule has 1 aliphatic heterocycles. The summed E-state index contributed by atoms with van der Waals surface area (Å²) in [4.78, 5) is 21.8. The summed E-state index contributed by atoms with van der Waals surface area (Å²) in [5.74, 6) is 1.38. The van der Waals surface area contributed by atoms with E-state index in [4.69, 9.17) is 4.74 Å². The highest BCUT2D eigenvalue weighted by atomic mass is 32.1. The minimum Gasteiger partial charge on any atom is -0.491 e. The van der Waals surface area contributed by atoms with Crippen molar-refractivity contribution in [2.75, 3.05) is 10.2 Å². The summed E-state index contributed by atoms with van der Waals surface area (Å²) in [6, 6.07) is 9.63. The van der Waals surface area contributed by atoms with Crippen LogP contribution >= 0.6 is 11.3 Å². The maximum absolute atomic E-state index is 12.5. The van der Waals surface area contributed by atoms with E-state index >= 15 is 0 Å². The van der Waals surface area contributed by atoms with Gasteiger partial charge in [0.05, 0.1) is 6.10 Å². The highest BCUT2D eigenvalue weighted by Gasteiger charge is 2.23. The van der Waals surface area contributed by atoms with Crippen LogP contribution in [0.25, 0.3) is 6.08 Å². The summed E-state index contributed by atoms with van der Waals surface area (Å²) in [5.41, 5.74) is 3.11. The average Bonchev–Trinajstić information content (AvgIpc) is 3.31. The van der Waals surface area contributed by atoms with Crippen LogP contribution in [-0.4, -0.2) is 22.0 Å². The zero-order valence-corrected chi connectivity index (χ0v) is 16.4. The lowest BCUT2D eigenvalue weighted by Crippen LogP contribution is -2.18. The molecule has 142 valence electrons. The number of allylic oxidation sites excluding steroid dienone is 1. The first-order valence-electron chi connectivity index (χ1n) is 8.89. The van der Waals surface area contributed by atoms with Crippen LogP contribution in [0.3, 0.4) is 0 Å². The van der Waals surface area contributed by atoms with Crippen LogP contribution in [0.4, 0.5) is 16.6 Å². The smallest absolute Gasteiger partial charge is 0.273 e. The first kappa shape index (κ1) is 18.1. The number of anilines is 3. The van der Waals surface area contributed by atoms with Gasteiger partial charge in [-0.2, -0.15) is 0 Å². The van der Waals surface area contributed by atoms with E-state index in [1.54, 1.807) is 6.20 Å². The molecule has 2 N–H and O–H groups in total. The van der Waals surface area contributed by atoms with Gasteiger partial charge >= 0.3 is 0 Å². The molecule has 7 heteroatoms. The van der Waals surface area contributed by atoms with Crippen LogP contribution in [-0.2, 0) is 0 Å². The first-order valence-corrected chi connectivity index (χ1v) is 9.77. The number of nitrogens with zero attached hydrogens (tertiary/aromatic N) is 2. The molecule has 3 heterocycles. The molecule has 3 aromatic rings. The summed E-state index contributed by atoms with van der Waals surface area (Å²) in [6.45, 7) is 8.13. The molecule has 0 saturated heterocycles. The lowest BCUT2D eigenvalue weighted by Gasteiger charge is -2.27. The molecule has 0 spiro atoms. The van der Waals surface area contributed by atoms with Crippen molar-refractivity contribution in [2.45, 2.75) is 20.0 Å². The molecule has 0 atom stereocenters. The van der Waals surface area contributed by atoms with E-state index in [1.807, 2.05) is 66.6 Å². The van der Waals surface area contributed by atoms with Crippen LogP contribution in [0.15, 0.2) is 60.3 Å². The molecule has 0 fully saturated rings. The third-order valence-electron chi connectivity index (χ3n) is 4.16. The van der Waals surface area contributed by atoms with E-state index in [0.717, 1.165) is 28.5 Å². The highest BCUT2D eigenvalue weighted by molar-refractivity contribution is 7.13. The van der Waals surface area contributed by atoms with E-state index in [0.29, 0.717) is 10.8 Å². The van der Waals surface area contributed by atoms with Gasteiger partial charge in [-0.3, -0.25) is 15.0 Å². The Morgan fingerprint density at radius 2 is 2.07 bits per heavy atom. The summed E-state index contributed by atoms with van der Waals surface area (Å²) in [5, 5.41) is 5.18. The van der Waals surface area contributed by atoms with E-state index < -0.39 is 0 Å². The van der Waals surface area contributed by atoms with Gasteiger partial charge in [0.2, 0.25) is 0 Å². The molecule has 0 radical (unpaired) electrons. The average molecular weight is 392 g/mol. The predicted molar refractivity (Wildman–Crippen MR) is 113 cm³/mol. The van der Waals surface area contributed by atoms with Gasteiger partial charge in [-0.15, -0.1) is 11.3 Å². The van der Waals surface area contributed by atoms with Crippen molar-refractivity contribution in [1.29, 1.82) is 0 Å². The van der Waals surface area contributed by atoms with Crippen molar-refractivity contribution in [3.8, 4) is 5.75 Å². The van der Waals surface area contributed by atoms with Crippen molar-refractivity contribution in [3.63, 3.8) is 0 Å². The fourth-order valence-electron chi connectivity index (χ4n) is 2.99. The van der Waals surface area contributed by atoms with Crippen molar-refractivity contribution in [2.24, 2.45) is 0 Å². The van der Waals surface area contributed by atoms with Crippen molar-refractivity contribution in [1.82, 2.24) is 9.97 Å². The number of rotatable bonds is 5. The third-order valence-corrected chi connectivity index (χ3v) is 4.85. The maximum Gasteiger partial charge on any atom is 0.273 e. The molecule has 0 bridgehead atoms. The second-order valence-electron chi connectivity index (χ2n) is 6.60. The van der Waals surface area contributed by atoms with Gasteiger partial charge in [0.25, 0.3) is 5.91 Å². The lowest BCUT2D eigenvalue weighted by atomic mass is 10.1. The molecule has 6 nitrogen and oxygen atoms in total. The highest BCUT2D eigenvalue weighted by Crippen LogP contribution is 2.37. The number of amides is 1. The summed E-state index contributed by atoms with van der Waals surface area (Å²) >= 11 is 1.38. The molecule has 2 aromatic heterocycles. The number of nitrogens with one attached hydrogen (secondary N) is 2. The van der Waals surface area contributed by atoms with Crippen LogP contribution < -0.4 is 15.0 Å². The van der Waals surface area contributed by atoms with Crippen molar-refractivity contribution in [3.05, 3.63) is 71.5 Å². The van der Waals surface area contributed by atoms with Gasteiger partial charge < -0.3 is 9.72 Å². The normalized spacial score (nSPS) is 13.0. The molecule has 1 aromatic carbocycles. The molecule has 4 rings (SSSR count). The Hall–Kier alpha value is -3.32. The number of hydrogen-bond donors (Lipinski definition) is 2. The number of carbonyl (C=O) groups excluding carboxylic acids is 1. The fourth-order valence-corrected chi connectivity index (χ4v) is 3.51. The topological polar surface area (TPSA) is 70.2 Å². The minimum atomic E-state index is -0.232. The van der Waals surface area contributed by atoms with E-state index in [1.165, 1.54) is 11.3 Å². The van der Waals surface area contributed by atoms with Crippen molar-refractivity contribution >= 4 is 40.0 Å². The number of aromatic amines is 1. The number of H-pyrrole nitrogens is 1. The summed E-state index contributed by atoms with van der Waals surface area (Å²) in [6.07, 6.45) is 5.65. The Kier molecular flexibility index (Phi) is 4.75. The molecule has 0 aliphatic carbocycles. The van der Waals surface area contributed by atoms with Gasteiger partial charge in [0.1, 0.15) is 17.3 Å². The second-order valence-corrected chi connectivity index (χ2v) is 7.49. The Bertz CT molecular complexity index is 1030. The van der Waals surface area contributed by atoms with Gasteiger partial charge in [-0.1, -0.05) is 6.58 Å². The van der Waals surface area contributed by atoms with Crippen LogP contribution in [0.5, 0.6) is 5.75 Å². The molecule has 1 amide bonds. The van der Waals surface area contributed by atoms with E-state index in [9.17, 15) is 4.79 Å². The zero-order chi connectivity index (χ0) is 19.7. The van der Waals surface area contributed by atoms with Crippen molar-refractivity contribution < 1.29 is 9.53 Å². The predicted octanol–water partition coefficient (Wildman–Crippen LogP) is 5.19. The SMILES string of the molecule is C=C1C=Cc2cc(C(=O)Nc3nccs3)[nH]c2N1c1ccc(OC(C)C)cc1. The summed E-state index contributed by atoms with van der Waals surface area (Å²) in [7, 11) is 0. The third kappa shape index (κ3) is 3.57. The number of fused-ring (bicyclic) bond motifs is 1. The second kappa shape index (κ2) is 7.36. The van der Waals surface area contributed by atoms with Gasteiger partial charge in [-0.25, -0.2) is 4.98 Å². The fraction of sp³-hybridized carbons (Fsp3) is 0.143. The van der Waals surface area contributed by atoms with Gasteiger partial charge in [0, 0.05) is 28.5 Å². The summed E-state index contributed by atoms with van der Waals surface area (Å²) < 4.78 is 5.72.